The predicted octanol–water partition coefficient (Wildman–Crippen LogP) is 2.97. The Morgan fingerprint density at radius 1 is 1.41 bits per heavy atom. The number of alkyl carbamates (subject to hydrolysis) is 1. The topological polar surface area (TPSA) is 88.5 Å². The van der Waals surface area contributed by atoms with Crippen LogP contribution in [0.1, 0.15) is 36.3 Å². The van der Waals surface area contributed by atoms with Gasteiger partial charge in [-0.05, 0) is 34.6 Å². The first-order chi connectivity index (χ1) is 10.1. The van der Waals surface area contributed by atoms with Crippen LogP contribution < -0.4 is 5.32 Å². The summed E-state index contributed by atoms with van der Waals surface area (Å²) in [4.78, 5) is 28.4. The van der Waals surface area contributed by atoms with Crippen LogP contribution >= 0.6 is 23.1 Å². The SMILES string of the molecule is Cc1nc(CSCC(NC(=O)OC(C)(C)C)C(=O)O)sc1C. The number of amides is 1. The number of nitrogens with zero attached hydrogens (tertiary/aromatic N) is 1. The van der Waals surface area contributed by atoms with Crippen LogP contribution in [0.4, 0.5) is 4.79 Å². The number of hydrogen-bond donors (Lipinski definition) is 2. The van der Waals surface area contributed by atoms with Crippen LogP contribution in [0, 0.1) is 13.8 Å². The molecule has 124 valence electrons. The van der Waals surface area contributed by atoms with E-state index in [9.17, 15) is 9.59 Å². The molecular formula is C14H22N2O4S2. The summed E-state index contributed by atoms with van der Waals surface area (Å²) in [5, 5.41) is 12.5. The number of carbonyl (C=O) groups is 2. The number of nitrogens with one attached hydrogen (secondary N) is 1. The molecule has 1 unspecified atom stereocenters. The van der Waals surface area contributed by atoms with Crippen molar-refractivity contribution in [1.82, 2.24) is 10.3 Å². The maximum atomic E-state index is 11.6. The Balaban J connectivity index is 2.47. The number of ether oxygens (including phenoxy) is 1. The molecule has 0 aliphatic heterocycles. The molecule has 1 amide bonds. The molecule has 0 saturated carbocycles. The molecule has 1 rings (SSSR count). The zero-order valence-corrected chi connectivity index (χ0v) is 15.1. The second-order valence-corrected chi connectivity index (χ2v) is 8.12. The lowest BCUT2D eigenvalue weighted by Gasteiger charge is -2.21. The molecule has 0 fully saturated rings. The predicted molar refractivity (Wildman–Crippen MR) is 88.5 cm³/mol. The zero-order chi connectivity index (χ0) is 16.9. The van der Waals surface area contributed by atoms with Crippen molar-refractivity contribution in [3.05, 3.63) is 15.6 Å². The molecule has 1 aromatic heterocycles. The first kappa shape index (κ1) is 18.8. The Labute approximate surface area is 138 Å². The average Bonchev–Trinajstić information content (AvgIpc) is 2.65. The maximum absolute atomic E-state index is 11.6. The summed E-state index contributed by atoms with van der Waals surface area (Å²) >= 11 is 3.03. The average molecular weight is 346 g/mol. The van der Waals surface area contributed by atoms with Gasteiger partial charge in [-0.3, -0.25) is 0 Å². The van der Waals surface area contributed by atoms with Gasteiger partial charge in [0, 0.05) is 16.4 Å². The van der Waals surface area contributed by atoms with Crippen molar-refractivity contribution in [2.45, 2.75) is 52.0 Å². The number of aliphatic carboxylic acids is 1. The molecule has 0 aliphatic carbocycles. The fraction of sp³-hybridized carbons (Fsp3) is 0.643. The molecule has 0 spiro atoms. The number of rotatable bonds is 6. The summed E-state index contributed by atoms with van der Waals surface area (Å²) in [6.07, 6.45) is -0.721. The summed E-state index contributed by atoms with van der Waals surface area (Å²) in [5.41, 5.74) is 0.346. The first-order valence-electron chi connectivity index (χ1n) is 6.81. The molecule has 0 aliphatic rings. The minimum absolute atomic E-state index is 0.256. The van der Waals surface area contributed by atoms with E-state index in [1.54, 1.807) is 32.1 Å². The smallest absolute Gasteiger partial charge is 0.408 e. The number of carboxylic acids is 1. The number of aryl methyl sites for hydroxylation is 2. The van der Waals surface area contributed by atoms with Gasteiger partial charge in [0.25, 0.3) is 0 Å². The molecule has 22 heavy (non-hydrogen) atoms. The van der Waals surface area contributed by atoms with Crippen molar-refractivity contribution >= 4 is 35.2 Å². The Kier molecular flexibility index (Phi) is 6.67. The number of thiazole rings is 1. The Hall–Kier alpha value is -1.28. The lowest BCUT2D eigenvalue weighted by Crippen LogP contribution is -2.44. The van der Waals surface area contributed by atoms with E-state index in [2.05, 4.69) is 10.3 Å². The van der Waals surface area contributed by atoms with E-state index in [0.29, 0.717) is 5.75 Å². The van der Waals surface area contributed by atoms with E-state index in [1.165, 1.54) is 11.8 Å². The van der Waals surface area contributed by atoms with Crippen molar-refractivity contribution < 1.29 is 19.4 Å². The molecule has 0 aromatic carbocycles. The number of carbonyl (C=O) groups excluding carboxylic acids is 1. The van der Waals surface area contributed by atoms with Gasteiger partial charge >= 0.3 is 12.1 Å². The third-order valence-corrected chi connectivity index (χ3v) is 4.87. The molecule has 0 saturated heterocycles. The Bertz CT molecular complexity index is 518. The van der Waals surface area contributed by atoms with Gasteiger partial charge in [-0.2, -0.15) is 11.8 Å². The fourth-order valence-corrected chi connectivity index (χ4v) is 3.52. The summed E-state index contributed by atoms with van der Waals surface area (Å²) in [6, 6.07) is -0.984. The van der Waals surface area contributed by atoms with Crippen LogP contribution in [0.3, 0.4) is 0 Å². The summed E-state index contributed by atoms with van der Waals surface area (Å²) in [6.45, 7) is 9.13. The fourth-order valence-electron chi connectivity index (χ4n) is 1.49. The largest absolute Gasteiger partial charge is 0.480 e. The first-order valence-corrected chi connectivity index (χ1v) is 8.78. The Morgan fingerprint density at radius 2 is 2.05 bits per heavy atom. The van der Waals surface area contributed by atoms with Gasteiger partial charge in [0.2, 0.25) is 0 Å². The lowest BCUT2D eigenvalue weighted by atomic mass is 10.2. The molecule has 1 aromatic rings. The minimum atomic E-state index is -1.08. The number of carboxylic acid groups (broad SMARTS) is 1. The van der Waals surface area contributed by atoms with Crippen molar-refractivity contribution in [2.24, 2.45) is 0 Å². The zero-order valence-electron chi connectivity index (χ0n) is 13.4. The van der Waals surface area contributed by atoms with Crippen molar-refractivity contribution in [1.29, 1.82) is 0 Å². The van der Waals surface area contributed by atoms with Gasteiger partial charge in [0.15, 0.2) is 0 Å². The quantitative estimate of drug-likeness (QED) is 0.823. The summed E-state index contributed by atoms with van der Waals surface area (Å²) in [5.74, 6) is -0.199. The number of aromatic nitrogens is 1. The Morgan fingerprint density at radius 3 is 2.50 bits per heavy atom. The summed E-state index contributed by atoms with van der Waals surface area (Å²) in [7, 11) is 0. The maximum Gasteiger partial charge on any atom is 0.408 e. The van der Waals surface area contributed by atoms with Crippen molar-refractivity contribution in [3.8, 4) is 0 Å². The normalized spacial score (nSPS) is 12.8. The second kappa shape index (κ2) is 7.82. The van der Waals surface area contributed by atoms with Gasteiger partial charge in [0.1, 0.15) is 16.7 Å². The van der Waals surface area contributed by atoms with Gasteiger partial charge in [-0.25, -0.2) is 14.6 Å². The summed E-state index contributed by atoms with van der Waals surface area (Å²) < 4.78 is 5.07. The minimum Gasteiger partial charge on any atom is -0.480 e. The number of thioether (sulfide) groups is 1. The van der Waals surface area contributed by atoms with Crippen LogP contribution in [0.2, 0.25) is 0 Å². The molecule has 8 heteroatoms. The highest BCUT2D eigenvalue weighted by Gasteiger charge is 2.24. The van der Waals surface area contributed by atoms with E-state index in [-0.39, 0.29) is 5.75 Å². The highest BCUT2D eigenvalue weighted by atomic mass is 32.2. The van der Waals surface area contributed by atoms with Gasteiger partial charge in [-0.15, -0.1) is 11.3 Å². The molecule has 0 bridgehead atoms. The van der Waals surface area contributed by atoms with Gasteiger partial charge < -0.3 is 15.2 Å². The highest BCUT2D eigenvalue weighted by Crippen LogP contribution is 2.21. The van der Waals surface area contributed by atoms with Crippen molar-refractivity contribution in [3.63, 3.8) is 0 Å². The molecule has 2 N–H and O–H groups in total. The second-order valence-electron chi connectivity index (χ2n) is 5.80. The van der Waals surface area contributed by atoms with Crippen LogP contribution in [-0.2, 0) is 15.3 Å². The van der Waals surface area contributed by atoms with Crippen LogP contribution in [0.25, 0.3) is 0 Å². The van der Waals surface area contributed by atoms with Crippen LogP contribution in [0.5, 0.6) is 0 Å². The van der Waals surface area contributed by atoms with Crippen molar-refractivity contribution in [2.75, 3.05) is 5.75 Å². The van der Waals surface area contributed by atoms with Gasteiger partial charge in [-0.1, -0.05) is 0 Å². The monoisotopic (exact) mass is 346 g/mol. The lowest BCUT2D eigenvalue weighted by molar-refractivity contribution is -0.138. The number of hydrogen-bond acceptors (Lipinski definition) is 6. The molecular weight excluding hydrogens is 324 g/mol. The van der Waals surface area contributed by atoms with E-state index >= 15 is 0 Å². The van der Waals surface area contributed by atoms with E-state index in [1.807, 2.05) is 13.8 Å². The molecule has 1 heterocycles. The molecule has 0 radical (unpaired) electrons. The van der Waals surface area contributed by atoms with Crippen LogP contribution in [-0.4, -0.2) is 39.5 Å². The third-order valence-electron chi connectivity index (χ3n) is 2.57. The standard InChI is InChI=1S/C14H22N2O4S2/c1-8-9(2)22-11(15-8)7-21-6-10(12(17)18)16-13(19)20-14(3,4)5/h10H,6-7H2,1-5H3,(H,16,19)(H,17,18). The molecule has 6 nitrogen and oxygen atoms in total. The van der Waals surface area contributed by atoms with Crippen LogP contribution in [0.15, 0.2) is 0 Å². The van der Waals surface area contributed by atoms with E-state index in [4.69, 9.17) is 9.84 Å². The van der Waals surface area contributed by atoms with Gasteiger partial charge in [0.05, 0.1) is 5.69 Å². The van der Waals surface area contributed by atoms with E-state index < -0.39 is 23.7 Å². The third kappa shape index (κ3) is 6.65. The van der Waals surface area contributed by atoms with E-state index in [0.717, 1.165) is 15.6 Å². The highest BCUT2D eigenvalue weighted by molar-refractivity contribution is 7.98. The molecule has 1 atom stereocenters.